The van der Waals surface area contributed by atoms with Crippen LogP contribution >= 0.6 is 11.3 Å². The lowest BCUT2D eigenvalue weighted by Crippen LogP contribution is -2.34. The monoisotopic (exact) mass is 170 g/mol. The quantitative estimate of drug-likeness (QED) is 0.457. The molecule has 0 amide bonds. The molecule has 56 valence electrons. The molecule has 0 aliphatic carbocycles. The van der Waals surface area contributed by atoms with Gasteiger partial charge in [-0.2, -0.15) is 4.39 Å². The van der Waals surface area contributed by atoms with Gasteiger partial charge < -0.3 is 12.9 Å². The molecule has 1 aromatic rings. The molecule has 1 aromatic heterocycles. The van der Waals surface area contributed by atoms with E-state index in [1.54, 1.807) is 0 Å². The molecule has 0 unspecified atom stereocenters. The van der Waals surface area contributed by atoms with Crippen LogP contribution in [0.1, 0.15) is 0 Å². The van der Waals surface area contributed by atoms with Gasteiger partial charge in [0.2, 0.25) is 0 Å². The van der Waals surface area contributed by atoms with Crippen molar-refractivity contribution < 1.29 is 17.3 Å². The third kappa shape index (κ3) is 1.47. The SMILES string of the molecule is Fc1nc([B-](F)(F)F)cs1. The topological polar surface area (TPSA) is 12.9 Å². The van der Waals surface area contributed by atoms with Gasteiger partial charge in [0.1, 0.15) is 0 Å². The molecular formula is C3HBF4NS-. The zero-order valence-corrected chi connectivity index (χ0v) is 5.34. The average Bonchev–Trinajstić information content (AvgIpc) is 2.11. The van der Waals surface area contributed by atoms with Crippen molar-refractivity contribution in [3.8, 4) is 0 Å². The van der Waals surface area contributed by atoms with E-state index in [2.05, 4.69) is 4.98 Å². The summed E-state index contributed by atoms with van der Waals surface area (Å²) in [5.41, 5.74) is -1.11. The van der Waals surface area contributed by atoms with Crippen molar-refractivity contribution in [3.05, 3.63) is 10.6 Å². The Balaban J connectivity index is 2.96. The minimum atomic E-state index is -5.12. The number of halogens is 4. The van der Waals surface area contributed by atoms with E-state index >= 15 is 0 Å². The lowest BCUT2D eigenvalue weighted by Gasteiger charge is -2.08. The predicted octanol–water partition coefficient (Wildman–Crippen LogP) is 1.34. The van der Waals surface area contributed by atoms with Gasteiger partial charge in [0.25, 0.3) is 5.26 Å². The van der Waals surface area contributed by atoms with Crippen LogP contribution in [-0.4, -0.2) is 12.0 Å². The van der Waals surface area contributed by atoms with Crippen LogP contribution in [0.2, 0.25) is 0 Å². The second-order valence-electron chi connectivity index (χ2n) is 1.60. The van der Waals surface area contributed by atoms with Gasteiger partial charge in [0.15, 0.2) is 0 Å². The van der Waals surface area contributed by atoms with Crippen LogP contribution in [0.3, 0.4) is 0 Å². The molecule has 1 heterocycles. The molecule has 1 nitrogen and oxygen atoms in total. The van der Waals surface area contributed by atoms with Crippen LogP contribution in [0, 0.1) is 5.26 Å². The number of rotatable bonds is 1. The van der Waals surface area contributed by atoms with E-state index in [4.69, 9.17) is 0 Å². The van der Waals surface area contributed by atoms with Crippen molar-refractivity contribution in [1.82, 2.24) is 4.98 Å². The summed E-state index contributed by atoms with van der Waals surface area (Å²) >= 11 is 0.349. The lowest BCUT2D eigenvalue weighted by atomic mass is 9.88. The van der Waals surface area contributed by atoms with E-state index in [-0.39, 0.29) is 0 Å². The highest BCUT2D eigenvalue weighted by atomic mass is 32.1. The van der Waals surface area contributed by atoms with Crippen molar-refractivity contribution in [2.75, 3.05) is 0 Å². The molecule has 0 fully saturated rings. The van der Waals surface area contributed by atoms with Gasteiger partial charge in [-0.15, -0.1) is 0 Å². The molecule has 0 N–H and O–H groups in total. The highest BCUT2D eigenvalue weighted by molar-refractivity contribution is 7.09. The van der Waals surface area contributed by atoms with Gasteiger partial charge in [-0.1, -0.05) is 11.3 Å². The first-order chi connectivity index (χ1) is 4.50. The third-order valence-corrected chi connectivity index (χ3v) is 1.47. The second-order valence-corrected chi connectivity index (χ2v) is 2.41. The van der Waals surface area contributed by atoms with Gasteiger partial charge >= 0.3 is 6.98 Å². The van der Waals surface area contributed by atoms with Crippen LogP contribution in [-0.2, 0) is 0 Å². The lowest BCUT2D eigenvalue weighted by molar-refractivity contribution is 0.496. The van der Waals surface area contributed by atoms with Gasteiger partial charge in [-0.25, -0.2) is 4.98 Å². The first-order valence-electron chi connectivity index (χ1n) is 2.31. The second kappa shape index (κ2) is 2.23. The van der Waals surface area contributed by atoms with Crippen LogP contribution in [0.5, 0.6) is 0 Å². The summed E-state index contributed by atoms with van der Waals surface area (Å²) in [6.07, 6.45) is 0. The Morgan fingerprint density at radius 1 is 1.40 bits per heavy atom. The van der Waals surface area contributed by atoms with E-state index in [1.165, 1.54) is 0 Å². The van der Waals surface area contributed by atoms with E-state index < -0.39 is 17.8 Å². The maximum atomic E-state index is 11.9. The van der Waals surface area contributed by atoms with Gasteiger partial charge in [0.05, 0.1) is 0 Å². The normalized spacial score (nSPS) is 12.0. The number of nitrogens with zero attached hydrogens (tertiary/aromatic N) is 1. The molecule has 0 aliphatic heterocycles. The van der Waals surface area contributed by atoms with Gasteiger partial charge in [-0.05, 0) is 11.0 Å². The first-order valence-corrected chi connectivity index (χ1v) is 3.19. The highest BCUT2D eigenvalue weighted by Crippen LogP contribution is 2.10. The molecule has 1 rings (SSSR count). The molecule has 0 aromatic carbocycles. The fraction of sp³-hybridized carbons (Fsp3) is 0. The fourth-order valence-corrected chi connectivity index (χ4v) is 0.997. The molecule has 0 spiro atoms. The molecule has 0 aliphatic rings. The van der Waals surface area contributed by atoms with Crippen LogP contribution in [0.25, 0.3) is 0 Å². The maximum Gasteiger partial charge on any atom is 0.528 e. The average molecular weight is 170 g/mol. The van der Waals surface area contributed by atoms with Crippen LogP contribution < -0.4 is 5.59 Å². The van der Waals surface area contributed by atoms with E-state index in [1.807, 2.05) is 0 Å². The Morgan fingerprint density at radius 2 is 2.00 bits per heavy atom. The number of thiazole rings is 1. The summed E-state index contributed by atoms with van der Waals surface area (Å²) in [4.78, 5) is 2.64. The summed E-state index contributed by atoms with van der Waals surface area (Å²) in [5.74, 6) is 0. The largest absolute Gasteiger partial charge is 0.528 e. The summed E-state index contributed by atoms with van der Waals surface area (Å²) < 4.78 is 46.8. The van der Waals surface area contributed by atoms with E-state index in [0.717, 1.165) is 0 Å². The molecule has 10 heavy (non-hydrogen) atoms. The number of hydrogen-bond donors (Lipinski definition) is 0. The zero-order chi connectivity index (χ0) is 7.78. The first kappa shape index (κ1) is 7.52. The smallest absolute Gasteiger partial charge is 0.444 e. The van der Waals surface area contributed by atoms with Crippen molar-refractivity contribution in [2.24, 2.45) is 0 Å². The standard InChI is InChI=1S/C3HBF4NS/c5-3-9-2(1-10-3)4(6,7)8/h1H/q-1. The fourth-order valence-electron chi connectivity index (χ4n) is 0.414. The van der Waals surface area contributed by atoms with Gasteiger partial charge in [-0.3, -0.25) is 0 Å². The minimum absolute atomic E-state index is 0.349. The summed E-state index contributed by atoms with van der Waals surface area (Å²) in [6.45, 7) is -5.12. The summed E-state index contributed by atoms with van der Waals surface area (Å²) in [7, 11) is 0. The molecule has 0 atom stereocenters. The van der Waals surface area contributed by atoms with Crippen molar-refractivity contribution in [3.63, 3.8) is 0 Å². The molecule has 7 heteroatoms. The van der Waals surface area contributed by atoms with Crippen LogP contribution in [0.15, 0.2) is 5.38 Å². The molecule has 0 saturated carbocycles. The highest BCUT2D eigenvalue weighted by Gasteiger charge is 2.28. The number of aromatic nitrogens is 1. The van der Waals surface area contributed by atoms with Crippen LogP contribution in [0.4, 0.5) is 17.3 Å². The molecule has 0 saturated heterocycles. The third-order valence-electron chi connectivity index (χ3n) is 0.829. The summed E-state index contributed by atoms with van der Waals surface area (Å²) in [6, 6.07) is 0. The number of hydrogen-bond acceptors (Lipinski definition) is 2. The van der Waals surface area contributed by atoms with E-state index in [0.29, 0.717) is 16.7 Å². The molecular weight excluding hydrogens is 169 g/mol. The van der Waals surface area contributed by atoms with Gasteiger partial charge in [0, 0.05) is 0 Å². The van der Waals surface area contributed by atoms with Crippen molar-refractivity contribution in [1.29, 1.82) is 0 Å². The maximum absolute atomic E-state index is 11.9. The Labute approximate surface area is 57.8 Å². The van der Waals surface area contributed by atoms with Crippen molar-refractivity contribution in [2.45, 2.75) is 0 Å². The molecule has 0 radical (unpaired) electrons. The Kier molecular flexibility index (Phi) is 1.67. The van der Waals surface area contributed by atoms with E-state index in [9.17, 15) is 17.3 Å². The zero-order valence-electron chi connectivity index (χ0n) is 4.52. The Bertz CT molecular complexity index is 231. The Morgan fingerprint density at radius 3 is 2.20 bits per heavy atom. The molecule has 0 bridgehead atoms. The van der Waals surface area contributed by atoms with Crippen molar-refractivity contribution >= 4 is 23.9 Å². The minimum Gasteiger partial charge on any atom is -0.444 e. The predicted molar refractivity (Wildman–Crippen MR) is 30.8 cm³/mol. The summed E-state index contributed by atoms with van der Waals surface area (Å²) in [5, 5.41) is -0.385. The Hall–Kier alpha value is -0.585.